The first kappa shape index (κ1) is 9.00. The Bertz CT molecular complexity index is 201. The lowest BCUT2D eigenvalue weighted by Crippen LogP contribution is -2.31. The standard InChI is InChI=1S/C10H17NO2/c1-7-5-11-6-9(7)10(12)13-8-3-2-4-8/h7-9,11H,2-6H2,1H3/t7-,9-/m1/s1. The van der Waals surface area contributed by atoms with E-state index in [9.17, 15) is 4.79 Å². The molecule has 0 bridgehead atoms. The Morgan fingerprint density at radius 1 is 1.38 bits per heavy atom. The van der Waals surface area contributed by atoms with Gasteiger partial charge in [-0.15, -0.1) is 0 Å². The van der Waals surface area contributed by atoms with E-state index in [1.807, 2.05) is 0 Å². The summed E-state index contributed by atoms with van der Waals surface area (Å²) in [6.07, 6.45) is 3.59. The lowest BCUT2D eigenvalue weighted by atomic mass is 9.95. The van der Waals surface area contributed by atoms with E-state index in [4.69, 9.17) is 4.74 Å². The molecule has 3 heteroatoms. The fourth-order valence-electron chi connectivity index (χ4n) is 1.87. The first-order valence-electron chi connectivity index (χ1n) is 5.18. The maximum absolute atomic E-state index is 11.6. The molecule has 0 spiro atoms. The third-order valence-electron chi connectivity index (χ3n) is 3.16. The predicted octanol–water partition coefficient (Wildman–Crippen LogP) is 0.938. The SMILES string of the molecule is C[C@@H]1CNC[C@H]1C(=O)OC1CCC1. The quantitative estimate of drug-likeness (QED) is 0.647. The average Bonchev–Trinajstić information content (AvgIpc) is 2.43. The molecule has 2 aliphatic rings. The van der Waals surface area contributed by atoms with Gasteiger partial charge in [0.1, 0.15) is 6.10 Å². The van der Waals surface area contributed by atoms with Crippen LogP contribution in [0.3, 0.4) is 0 Å². The van der Waals surface area contributed by atoms with Gasteiger partial charge in [-0.05, 0) is 31.7 Å². The third-order valence-corrected chi connectivity index (χ3v) is 3.16. The van der Waals surface area contributed by atoms with Gasteiger partial charge in [-0.3, -0.25) is 4.79 Å². The van der Waals surface area contributed by atoms with Crippen LogP contribution < -0.4 is 5.32 Å². The molecule has 13 heavy (non-hydrogen) atoms. The van der Waals surface area contributed by atoms with Crippen molar-refractivity contribution in [3.8, 4) is 0 Å². The van der Waals surface area contributed by atoms with Crippen molar-refractivity contribution in [1.82, 2.24) is 5.32 Å². The van der Waals surface area contributed by atoms with E-state index in [0.29, 0.717) is 5.92 Å². The van der Waals surface area contributed by atoms with Gasteiger partial charge in [-0.1, -0.05) is 6.92 Å². The molecule has 74 valence electrons. The van der Waals surface area contributed by atoms with E-state index in [2.05, 4.69) is 12.2 Å². The highest BCUT2D eigenvalue weighted by Gasteiger charge is 2.33. The summed E-state index contributed by atoms with van der Waals surface area (Å²) in [5.41, 5.74) is 0. The van der Waals surface area contributed by atoms with E-state index < -0.39 is 0 Å². The largest absolute Gasteiger partial charge is 0.462 e. The van der Waals surface area contributed by atoms with Crippen molar-refractivity contribution in [2.24, 2.45) is 11.8 Å². The van der Waals surface area contributed by atoms with Crippen LogP contribution in [0.1, 0.15) is 26.2 Å². The summed E-state index contributed by atoms with van der Waals surface area (Å²) in [4.78, 5) is 11.6. The minimum Gasteiger partial charge on any atom is -0.462 e. The van der Waals surface area contributed by atoms with Crippen molar-refractivity contribution < 1.29 is 9.53 Å². The minimum absolute atomic E-state index is 0.0159. The van der Waals surface area contributed by atoms with Gasteiger partial charge in [0.15, 0.2) is 0 Å². The average molecular weight is 183 g/mol. The highest BCUT2D eigenvalue weighted by Crippen LogP contribution is 2.25. The molecule has 0 amide bonds. The van der Waals surface area contributed by atoms with E-state index in [1.165, 1.54) is 6.42 Å². The molecule has 2 fully saturated rings. The van der Waals surface area contributed by atoms with Crippen molar-refractivity contribution in [1.29, 1.82) is 0 Å². The zero-order chi connectivity index (χ0) is 9.26. The highest BCUT2D eigenvalue weighted by atomic mass is 16.5. The fourth-order valence-corrected chi connectivity index (χ4v) is 1.87. The summed E-state index contributed by atoms with van der Waals surface area (Å²) in [5.74, 6) is 0.551. The summed E-state index contributed by atoms with van der Waals surface area (Å²) in [7, 11) is 0. The Hall–Kier alpha value is -0.570. The van der Waals surface area contributed by atoms with Crippen LogP contribution >= 0.6 is 0 Å². The van der Waals surface area contributed by atoms with E-state index in [0.717, 1.165) is 25.9 Å². The highest BCUT2D eigenvalue weighted by molar-refractivity contribution is 5.73. The molecule has 1 heterocycles. The maximum atomic E-state index is 11.6. The number of ether oxygens (including phenoxy) is 1. The van der Waals surface area contributed by atoms with Crippen LogP contribution in [0.5, 0.6) is 0 Å². The van der Waals surface area contributed by atoms with E-state index in [-0.39, 0.29) is 18.0 Å². The lowest BCUT2D eigenvalue weighted by molar-refractivity contribution is -0.158. The lowest BCUT2D eigenvalue weighted by Gasteiger charge is -2.27. The number of hydrogen-bond donors (Lipinski definition) is 1. The topological polar surface area (TPSA) is 38.3 Å². The zero-order valence-corrected chi connectivity index (χ0v) is 8.08. The summed E-state index contributed by atoms with van der Waals surface area (Å²) in [5, 5.41) is 3.21. The van der Waals surface area contributed by atoms with Crippen molar-refractivity contribution in [2.45, 2.75) is 32.3 Å². The molecule has 3 nitrogen and oxygen atoms in total. The first-order chi connectivity index (χ1) is 6.27. The second-order valence-electron chi connectivity index (χ2n) is 4.23. The Labute approximate surface area is 78.8 Å². The minimum atomic E-state index is 0.0159. The van der Waals surface area contributed by atoms with Gasteiger partial charge in [-0.25, -0.2) is 0 Å². The van der Waals surface area contributed by atoms with Gasteiger partial charge in [0, 0.05) is 6.54 Å². The van der Waals surface area contributed by atoms with Crippen LogP contribution in [0, 0.1) is 11.8 Å². The molecule has 1 aliphatic heterocycles. The smallest absolute Gasteiger partial charge is 0.310 e. The molecular formula is C10H17NO2. The van der Waals surface area contributed by atoms with E-state index >= 15 is 0 Å². The third kappa shape index (κ3) is 1.85. The molecule has 0 aromatic rings. The van der Waals surface area contributed by atoms with Gasteiger partial charge >= 0.3 is 5.97 Å². The fraction of sp³-hybridized carbons (Fsp3) is 0.900. The van der Waals surface area contributed by atoms with Crippen molar-refractivity contribution >= 4 is 5.97 Å². The second kappa shape index (κ2) is 3.66. The first-order valence-corrected chi connectivity index (χ1v) is 5.18. The molecule has 0 unspecified atom stereocenters. The number of nitrogens with one attached hydrogen (secondary N) is 1. The number of hydrogen-bond acceptors (Lipinski definition) is 3. The van der Waals surface area contributed by atoms with Crippen molar-refractivity contribution in [2.75, 3.05) is 13.1 Å². The second-order valence-corrected chi connectivity index (χ2v) is 4.23. The Morgan fingerprint density at radius 3 is 2.62 bits per heavy atom. The number of rotatable bonds is 2. The Kier molecular flexibility index (Phi) is 2.54. The molecule has 2 atom stereocenters. The summed E-state index contributed by atoms with van der Waals surface area (Å²) < 4.78 is 5.36. The monoisotopic (exact) mass is 183 g/mol. The number of carbonyl (C=O) groups is 1. The number of carbonyl (C=O) groups excluding carboxylic acids is 1. The van der Waals surface area contributed by atoms with Crippen LogP contribution in [0.2, 0.25) is 0 Å². The maximum Gasteiger partial charge on any atom is 0.310 e. The molecule has 1 N–H and O–H groups in total. The van der Waals surface area contributed by atoms with Crippen LogP contribution in [0.4, 0.5) is 0 Å². The van der Waals surface area contributed by atoms with Crippen molar-refractivity contribution in [3.63, 3.8) is 0 Å². The van der Waals surface area contributed by atoms with Crippen LogP contribution in [-0.2, 0) is 9.53 Å². The molecule has 0 aromatic carbocycles. The Morgan fingerprint density at radius 2 is 2.15 bits per heavy atom. The normalized spacial score (nSPS) is 34.2. The predicted molar refractivity (Wildman–Crippen MR) is 49.3 cm³/mol. The summed E-state index contributed by atoms with van der Waals surface area (Å²) in [6, 6.07) is 0. The van der Waals surface area contributed by atoms with Gasteiger partial charge < -0.3 is 10.1 Å². The molecule has 1 saturated heterocycles. The molecule has 1 aliphatic carbocycles. The summed E-state index contributed by atoms with van der Waals surface area (Å²) >= 11 is 0. The zero-order valence-electron chi connectivity index (χ0n) is 8.08. The van der Waals surface area contributed by atoms with Gasteiger partial charge in [0.05, 0.1) is 5.92 Å². The Balaban J connectivity index is 1.81. The molecular weight excluding hydrogens is 166 g/mol. The van der Waals surface area contributed by atoms with Crippen LogP contribution in [-0.4, -0.2) is 25.2 Å². The van der Waals surface area contributed by atoms with Crippen LogP contribution in [0.15, 0.2) is 0 Å². The van der Waals surface area contributed by atoms with Gasteiger partial charge in [0.2, 0.25) is 0 Å². The van der Waals surface area contributed by atoms with Gasteiger partial charge in [0.25, 0.3) is 0 Å². The number of esters is 1. The molecule has 0 aromatic heterocycles. The summed E-state index contributed by atoms with van der Waals surface area (Å²) in [6.45, 7) is 3.85. The molecule has 2 rings (SSSR count). The van der Waals surface area contributed by atoms with Crippen molar-refractivity contribution in [3.05, 3.63) is 0 Å². The van der Waals surface area contributed by atoms with Gasteiger partial charge in [-0.2, -0.15) is 0 Å². The molecule has 1 saturated carbocycles. The molecule has 0 radical (unpaired) electrons. The van der Waals surface area contributed by atoms with Crippen LogP contribution in [0.25, 0.3) is 0 Å². The van der Waals surface area contributed by atoms with E-state index in [1.54, 1.807) is 0 Å².